The summed E-state index contributed by atoms with van der Waals surface area (Å²) in [5, 5.41) is 10.7. The monoisotopic (exact) mass is 395 g/mol. The van der Waals surface area contributed by atoms with Crippen molar-refractivity contribution in [2.75, 3.05) is 20.3 Å². The summed E-state index contributed by atoms with van der Waals surface area (Å²) in [6.07, 6.45) is -5.07. The molecule has 2 bridgehead atoms. The van der Waals surface area contributed by atoms with Gasteiger partial charge in [-0.1, -0.05) is 0 Å². The summed E-state index contributed by atoms with van der Waals surface area (Å²) < 4.78 is 55.3. The number of fused-ring (bicyclic) bond motifs is 3. The van der Waals surface area contributed by atoms with Gasteiger partial charge in [-0.05, 0) is 31.6 Å². The van der Waals surface area contributed by atoms with Gasteiger partial charge in [-0.25, -0.2) is 4.79 Å². The third-order valence-electron chi connectivity index (χ3n) is 5.07. The quantitative estimate of drug-likeness (QED) is 0.772. The third-order valence-corrected chi connectivity index (χ3v) is 5.58. The van der Waals surface area contributed by atoms with Gasteiger partial charge in [0.1, 0.15) is 11.2 Å². The lowest BCUT2D eigenvalue weighted by molar-refractivity contribution is -0.136. The van der Waals surface area contributed by atoms with E-state index in [1.165, 1.54) is 12.0 Å². The molecule has 11 heteroatoms. The van der Waals surface area contributed by atoms with Gasteiger partial charge in [0.05, 0.1) is 31.5 Å². The Kier molecular flexibility index (Phi) is 5.29. The van der Waals surface area contributed by atoms with E-state index in [1.807, 2.05) is 0 Å². The molecule has 1 amide bonds. The molecule has 146 valence electrons. The second kappa shape index (κ2) is 7.18. The van der Waals surface area contributed by atoms with Gasteiger partial charge in [-0.3, -0.25) is 4.90 Å². The van der Waals surface area contributed by atoms with Crippen LogP contribution in [0.5, 0.6) is 5.88 Å². The average molecular weight is 395 g/mol. The number of ether oxygens (including phenoxy) is 2. The number of rotatable bonds is 5. The molecular weight excluding hydrogens is 375 g/mol. The van der Waals surface area contributed by atoms with Crippen LogP contribution in [0.4, 0.5) is 18.0 Å². The first-order valence-electron chi connectivity index (χ1n) is 8.34. The molecule has 3 atom stereocenters. The maximum absolute atomic E-state index is 12.3. The molecule has 4 rings (SSSR count). The fourth-order valence-corrected chi connectivity index (χ4v) is 4.43. The van der Waals surface area contributed by atoms with E-state index in [-0.39, 0.29) is 24.8 Å². The highest BCUT2D eigenvalue weighted by Gasteiger charge is 2.58. The maximum atomic E-state index is 12.3. The smallest absolute Gasteiger partial charge is 0.410 e. The van der Waals surface area contributed by atoms with E-state index in [9.17, 15) is 23.1 Å². The zero-order chi connectivity index (χ0) is 18.9. The number of alkyl halides is 3. The Labute approximate surface area is 152 Å². The summed E-state index contributed by atoms with van der Waals surface area (Å²) in [6, 6.07) is 0. The van der Waals surface area contributed by atoms with E-state index >= 15 is 0 Å². The van der Waals surface area contributed by atoms with E-state index in [0.29, 0.717) is 25.1 Å². The number of methoxy groups -OCH3 is 1. The van der Waals surface area contributed by atoms with Crippen molar-refractivity contribution in [3.8, 4) is 5.88 Å². The van der Waals surface area contributed by atoms with Crippen LogP contribution in [-0.2, 0) is 10.3 Å². The minimum absolute atomic E-state index is 0.0745. The van der Waals surface area contributed by atoms with Crippen LogP contribution in [-0.4, -0.2) is 57.4 Å². The Bertz CT molecular complexity index is 656. The second-order valence-corrected chi connectivity index (χ2v) is 7.17. The fourth-order valence-electron chi connectivity index (χ4n) is 3.85. The number of aromatic nitrogens is 2. The number of hydrogen-bond donors (Lipinski definition) is 1. The topological polar surface area (TPSA) is 84.8 Å². The van der Waals surface area contributed by atoms with E-state index < -0.39 is 30.3 Å². The Hall–Kier alpha value is -1.62. The standard InChI is InChI=1S/C15H20F3N3O4S/c1-24-13(23)21-8-9-3-5-14(21,10(22)7-9)11-12(20-26-19-11)25-6-2-4-15(16,17)18/h9-10,22H,2-8H2,1H3. The molecule has 1 aromatic heterocycles. The van der Waals surface area contributed by atoms with Gasteiger partial charge >= 0.3 is 12.3 Å². The van der Waals surface area contributed by atoms with Crippen molar-refractivity contribution in [3.63, 3.8) is 0 Å². The van der Waals surface area contributed by atoms with Crippen molar-refractivity contribution < 1.29 is 32.5 Å². The van der Waals surface area contributed by atoms with Gasteiger partial charge in [-0.2, -0.15) is 17.5 Å². The lowest BCUT2D eigenvalue weighted by Gasteiger charge is -2.55. The number of carbonyl (C=O) groups excluding carboxylic acids is 1. The number of hydrogen-bond acceptors (Lipinski definition) is 7. The van der Waals surface area contributed by atoms with Crippen LogP contribution < -0.4 is 4.74 Å². The SMILES string of the molecule is COC(=O)N1CC2CCC1(c1nsnc1OCCCC(F)(F)F)C(O)C2. The molecule has 1 aromatic rings. The molecule has 3 unspecified atom stereocenters. The Morgan fingerprint density at radius 1 is 1.46 bits per heavy atom. The number of halogens is 3. The lowest BCUT2D eigenvalue weighted by atomic mass is 9.67. The van der Waals surface area contributed by atoms with Crippen LogP contribution in [0.25, 0.3) is 0 Å². The molecule has 3 aliphatic rings. The molecule has 7 nitrogen and oxygen atoms in total. The fraction of sp³-hybridized carbons (Fsp3) is 0.800. The van der Waals surface area contributed by atoms with Crippen LogP contribution in [0.3, 0.4) is 0 Å². The number of aliphatic hydroxyl groups excluding tert-OH is 1. The zero-order valence-electron chi connectivity index (χ0n) is 14.2. The van der Waals surface area contributed by atoms with E-state index in [1.54, 1.807) is 0 Å². The molecule has 1 saturated carbocycles. The van der Waals surface area contributed by atoms with Gasteiger partial charge in [0.2, 0.25) is 0 Å². The van der Waals surface area contributed by atoms with Gasteiger partial charge in [0, 0.05) is 13.0 Å². The van der Waals surface area contributed by atoms with Crippen molar-refractivity contribution in [2.24, 2.45) is 5.92 Å². The minimum Gasteiger partial charge on any atom is -0.476 e. The molecule has 0 aromatic carbocycles. The van der Waals surface area contributed by atoms with Gasteiger partial charge in [0.15, 0.2) is 0 Å². The van der Waals surface area contributed by atoms with Gasteiger partial charge in [0.25, 0.3) is 5.88 Å². The number of amides is 1. The first kappa shape index (κ1) is 19.2. The second-order valence-electron chi connectivity index (χ2n) is 6.65. The first-order valence-corrected chi connectivity index (χ1v) is 9.07. The van der Waals surface area contributed by atoms with E-state index in [0.717, 1.165) is 18.1 Å². The Morgan fingerprint density at radius 3 is 2.88 bits per heavy atom. The maximum Gasteiger partial charge on any atom is 0.410 e. The Morgan fingerprint density at radius 2 is 2.23 bits per heavy atom. The summed E-state index contributed by atoms with van der Waals surface area (Å²) in [5.74, 6) is 0.249. The molecule has 3 fully saturated rings. The summed E-state index contributed by atoms with van der Waals surface area (Å²) in [6.45, 7) is 0.250. The average Bonchev–Trinajstić information content (AvgIpc) is 3.06. The zero-order valence-corrected chi connectivity index (χ0v) is 15.0. The van der Waals surface area contributed by atoms with Crippen molar-refractivity contribution in [3.05, 3.63) is 5.69 Å². The largest absolute Gasteiger partial charge is 0.476 e. The van der Waals surface area contributed by atoms with Crippen LogP contribution in [0.1, 0.15) is 37.8 Å². The highest BCUT2D eigenvalue weighted by Crippen LogP contribution is 2.51. The lowest BCUT2D eigenvalue weighted by Crippen LogP contribution is -2.65. The van der Waals surface area contributed by atoms with Crippen LogP contribution in [0.15, 0.2) is 0 Å². The molecule has 1 aliphatic carbocycles. The summed E-state index contributed by atoms with van der Waals surface area (Å²) in [7, 11) is 1.26. The predicted octanol–water partition coefficient (Wildman–Crippen LogP) is 2.70. The Balaban J connectivity index is 1.82. The number of piperidine rings is 2. The van der Waals surface area contributed by atoms with Gasteiger partial charge < -0.3 is 14.6 Å². The van der Waals surface area contributed by atoms with Crippen molar-refractivity contribution >= 4 is 17.8 Å². The summed E-state index contributed by atoms with van der Waals surface area (Å²) in [5.41, 5.74) is -0.820. The molecule has 2 aliphatic heterocycles. The number of aliphatic hydroxyl groups is 1. The minimum atomic E-state index is -4.25. The first-order chi connectivity index (χ1) is 12.3. The van der Waals surface area contributed by atoms with Crippen molar-refractivity contribution in [1.82, 2.24) is 13.6 Å². The van der Waals surface area contributed by atoms with E-state index in [4.69, 9.17) is 9.47 Å². The highest BCUT2D eigenvalue weighted by atomic mass is 32.1. The molecule has 2 saturated heterocycles. The molecule has 3 heterocycles. The normalized spacial score (nSPS) is 28.3. The molecule has 1 N–H and O–H groups in total. The van der Waals surface area contributed by atoms with Crippen LogP contribution in [0, 0.1) is 5.92 Å². The van der Waals surface area contributed by atoms with Crippen LogP contribution >= 0.6 is 11.7 Å². The number of nitrogens with zero attached hydrogens (tertiary/aromatic N) is 3. The van der Waals surface area contributed by atoms with Crippen molar-refractivity contribution in [2.45, 2.75) is 49.9 Å². The third kappa shape index (κ3) is 3.46. The predicted molar refractivity (Wildman–Crippen MR) is 84.8 cm³/mol. The summed E-state index contributed by atoms with van der Waals surface area (Å²) >= 11 is 0.841. The molecule has 0 spiro atoms. The van der Waals surface area contributed by atoms with Crippen molar-refractivity contribution in [1.29, 1.82) is 0 Å². The molecule has 0 radical (unpaired) electrons. The van der Waals surface area contributed by atoms with Crippen LogP contribution in [0.2, 0.25) is 0 Å². The molecule has 26 heavy (non-hydrogen) atoms. The van der Waals surface area contributed by atoms with Gasteiger partial charge in [-0.15, -0.1) is 4.37 Å². The molecular formula is C15H20F3N3O4S. The van der Waals surface area contributed by atoms with E-state index in [2.05, 4.69) is 8.75 Å². The summed E-state index contributed by atoms with van der Waals surface area (Å²) in [4.78, 5) is 13.7. The number of carbonyl (C=O) groups is 1. The highest BCUT2D eigenvalue weighted by molar-refractivity contribution is 6.99.